The summed E-state index contributed by atoms with van der Waals surface area (Å²) in [4.78, 5) is 31.7. The van der Waals surface area contributed by atoms with E-state index in [1.165, 1.54) is 11.1 Å². The van der Waals surface area contributed by atoms with Crippen LogP contribution in [-0.4, -0.2) is 53.8 Å². The van der Waals surface area contributed by atoms with Gasteiger partial charge in [0, 0.05) is 38.1 Å². The molecule has 1 aliphatic rings. The van der Waals surface area contributed by atoms with Crippen molar-refractivity contribution in [3.63, 3.8) is 0 Å². The van der Waals surface area contributed by atoms with Crippen molar-refractivity contribution in [1.82, 2.24) is 14.8 Å². The lowest BCUT2D eigenvalue weighted by molar-refractivity contribution is -0.134. The number of aryl methyl sites for hydroxylation is 2. The largest absolute Gasteiger partial charge is 0.351 e. The molecule has 0 radical (unpaired) electrons. The molecule has 1 N–H and O–H groups in total. The lowest BCUT2D eigenvalue weighted by Gasteiger charge is -2.33. The van der Waals surface area contributed by atoms with Crippen LogP contribution in [-0.2, 0) is 4.79 Å². The second-order valence-corrected chi connectivity index (χ2v) is 6.97. The fourth-order valence-corrected chi connectivity index (χ4v) is 3.47. The van der Waals surface area contributed by atoms with Crippen LogP contribution < -0.4 is 0 Å². The quantitative estimate of drug-likeness (QED) is 0.922. The highest BCUT2D eigenvalue weighted by Gasteiger charge is 2.30. The van der Waals surface area contributed by atoms with Gasteiger partial charge >= 0.3 is 0 Å². The van der Waals surface area contributed by atoms with Gasteiger partial charge in [0.2, 0.25) is 5.91 Å². The van der Waals surface area contributed by atoms with Gasteiger partial charge in [-0.2, -0.15) is 0 Å². The molecule has 0 spiro atoms. The highest BCUT2D eigenvalue weighted by atomic mass is 16.2. The Morgan fingerprint density at radius 2 is 2.00 bits per heavy atom. The molecule has 5 nitrogen and oxygen atoms in total. The van der Waals surface area contributed by atoms with Crippen molar-refractivity contribution in [2.75, 3.05) is 27.2 Å². The standard InChI is InChI=1S/C19H25N3O2/c1-12-7-8-16-15(13(12)2)10-17(20-16)19(24)22-9-5-6-14(11-22)18(23)21(3)4/h7-8,10,14,20H,5-6,9,11H2,1-4H3/t14-/m0/s1. The van der Waals surface area contributed by atoms with Crippen molar-refractivity contribution in [3.8, 4) is 0 Å². The summed E-state index contributed by atoms with van der Waals surface area (Å²) in [5.74, 6) is 0.00110. The molecule has 2 amide bonds. The van der Waals surface area contributed by atoms with Crippen LogP contribution in [0.3, 0.4) is 0 Å². The maximum atomic E-state index is 12.9. The molecule has 0 unspecified atom stereocenters. The fraction of sp³-hybridized carbons (Fsp3) is 0.474. The molecule has 1 atom stereocenters. The number of H-pyrrole nitrogens is 1. The Labute approximate surface area is 142 Å². The van der Waals surface area contributed by atoms with E-state index in [0.29, 0.717) is 18.8 Å². The Balaban J connectivity index is 1.83. The average Bonchev–Trinajstić information content (AvgIpc) is 3.02. The average molecular weight is 327 g/mol. The van der Waals surface area contributed by atoms with Crippen LogP contribution in [0.1, 0.15) is 34.5 Å². The molecule has 0 bridgehead atoms. The van der Waals surface area contributed by atoms with Crippen LogP contribution in [0.25, 0.3) is 10.9 Å². The smallest absolute Gasteiger partial charge is 0.270 e. The number of rotatable bonds is 2. The molecule has 1 aliphatic heterocycles. The van der Waals surface area contributed by atoms with Gasteiger partial charge in [-0.1, -0.05) is 6.07 Å². The van der Waals surface area contributed by atoms with Crippen molar-refractivity contribution in [3.05, 3.63) is 35.0 Å². The number of aromatic amines is 1. The second kappa shape index (κ2) is 6.30. The number of likely N-dealkylation sites (tertiary alicyclic amines) is 1. The predicted molar refractivity (Wildman–Crippen MR) is 95.1 cm³/mol. The van der Waals surface area contributed by atoms with Crippen LogP contribution in [0.4, 0.5) is 0 Å². The number of nitrogens with zero attached hydrogens (tertiary/aromatic N) is 2. The van der Waals surface area contributed by atoms with Crippen molar-refractivity contribution in [2.24, 2.45) is 5.92 Å². The van der Waals surface area contributed by atoms with Gasteiger partial charge < -0.3 is 14.8 Å². The lowest BCUT2D eigenvalue weighted by Crippen LogP contribution is -2.45. The van der Waals surface area contributed by atoms with Crippen molar-refractivity contribution >= 4 is 22.7 Å². The van der Waals surface area contributed by atoms with Crippen molar-refractivity contribution in [1.29, 1.82) is 0 Å². The minimum absolute atomic E-state index is 0.0143. The Morgan fingerprint density at radius 3 is 2.71 bits per heavy atom. The van der Waals surface area contributed by atoms with E-state index in [4.69, 9.17) is 0 Å². The van der Waals surface area contributed by atoms with Gasteiger partial charge in [0.25, 0.3) is 5.91 Å². The molecule has 1 saturated heterocycles. The van der Waals surface area contributed by atoms with Crippen molar-refractivity contribution < 1.29 is 9.59 Å². The zero-order chi connectivity index (χ0) is 17.4. The first-order valence-corrected chi connectivity index (χ1v) is 8.48. The van der Waals surface area contributed by atoms with Gasteiger partial charge in [0.15, 0.2) is 0 Å². The number of amides is 2. The minimum Gasteiger partial charge on any atom is -0.351 e. The van der Waals surface area contributed by atoms with Crippen LogP contribution in [0.5, 0.6) is 0 Å². The summed E-state index contributed by atoms with van der Waals surface area (Å²) >= 11 is 0. The Kier molecular flexibility index (Phi) is 4.35. The van der Waals surface area contributed by atoms with E-state index < -0.39 is 0 Å². The number of nitrogens with one attached hydrogen (secondary N) is 1. The third-order valence-corrected chi connectivity index (χ3v) is 5.07. The summed E-state index contributed by atoms with van der Waals surface area (Å²) in [6.07, 6.45) is 1.72. The number of fused-ring (bicyclic) bond motifs is 1. The molecule has 128 valence electrons. The molecule has 5 heteroatoms. The zero-order valence-electron chi connectivity index (χ0n) is 14.8. The molecule has 24 heavy (non-hydrogen) atoms. The third kappa shape index (κ3) is 2.90. The molecule has 2 heterocycles. The highest BCUT2D eigenvalue weighted by Crippen LogP contribution is 2.25. The topological polar surface area (TPSA) is 56.4 Å². The van der Waals surface area contributed by atoms with Gasteiger partial charge in [-0.15, -0.1) is 0 Å². The summed E-state index contributed by atoms with van der Waals surface area (Å²) in [7, 11) is 3.54. The number of benzene rings is 1. The summed E-state index contributed by atoms with van der Waals surface area (Å²) in [6.45, 7) is 5.37. The van der Waals surface area contributed by atoms with Crippen LogP contribution >= 0.6 is 0 Å². The number of piperidine rings is 1. The first-order valence-electron chi connectivity index (χ1n) is 8.48. The second-order valence-electron chi connectivity index (χ2n) is 6.97. The maximum Gasteiger partial charge on any atom is 0.270 e. The Hall–Kier alpha value is -2.30. The van der Waals surface area contributed by atoms with E-state index in [-0.39, 0.29) is 17.7 Å². The van der Waals surface area contributed by atoms with Gasteiger partial charge in [0.1, 0.15) is 5.69 Å². The van der Waals surface area contributed by atoms with Gasteiger partial charge in [0.05, 0.1) is 5.92 Å². The van der Waals surface area contributed by atoms with Crippen LogP contribution in [0.15, 0.2) is 18.2 Å². The predicted octanol–water partition coefficient (Wildman–Crippen LogP) is 2.73. The third-order valence-electron chi connectivity index (χ3n) is 5.07. The van der Waals surface area contributed by atoms with Crippen LogP contribution in [0.2, 0.25) is 0 Å². The Bertz CT molecular complexity index is 791. The van der Waals surface area contributed by atoms with Gasteiger partial charge in [-0.25, -0.2) is 0 Å². The monoisotopic (exact) mass is 327 g/mol. The van der Waals surface area contributed by atoms with Crippen LogP contribution in [0, 0.1) is 19.8 Å². The molecule has 0 saturated carbocycles. The normalized spacial score (nSPS) is 18.0. The maximum absolute atomic E-state index is 12.9. The number of hydrogen-bond acceptors (Lipinski definition) is 2. The summed E-state index contributed by atoms with van der Waals surface area (Å²) in [5, 5.41) is 1.09. The van der Waals surface area contributed by atoms with E-state index in [9.17, 15) is 9.59 Å². The first kappa shape index (κ1) is 16.6. The van der Waals surface area contributed by atoms with E-state index in [2.05, 4.69) is 24.9 Å². The summed E-state index contributed by atoms with van der Waals surface area (Å²) < 4.78 is 0. The highest BCUT2D eigenvalue weighted by molar-refractivity contribution is 5.99. The number of carbonyl (C=O) groups excluding carboxylic acids is 2. The Morgan fingerprint density at radius 1 is 1.25 bits per heavy atom. The lowest BCUT2D eigenvalue weighted by atomic mass is 9.96. The number of hydrogen-bond donors (Lipinski definition) is 1. The van der Waals surface area contributed by atoms with E-state index >= 15 is 0 Å². The fourth-order valence-electron chi connectivity index (χ4n) is 3.47. The van der Waals surface area contributed by atoms with Gasteiger partial charge in [-0.3, -0.25) is 9.59 Å². The molecular weight excluding hydrogens is 302 g/mol. The molecule has 3 rings (SSSR count). The molecule has 1 fully saturated rings. The van der Waals surface area contributed by atoms with E-state index in [1.807, 2.05) is 17.0 Å². The number of carbonyl (C=O) groups is 2. The minimum atomic E-state index is -0.0916. The number of aromatic nitrogens is 1. The molecule has 1 aromatic heterocycles. The van der Waals surface area contributed by atoms with Crippen molar-refractivity contribution in [2.45, 2.75) is 26.7 Å². The summed E-state index contributed by atoms with van der Waals surface area (Å²) in [6, 6.07) is 6.02. The first-order chi connectivity index (χ1) is 11.4. The molecule has 1 aromatic carbocycles. The van der Waals surface area contributed by atoms with Gasteiger partial charge in [-0.05, 0) is 49.9 Å². The van der Waals surface area contributed by atoms with E-state index in [0.717, 1.165) is 23.7 Å². The van der Waals surface area contributed by atoms with E-state index in [1.54, 1.807) is 19.0 Å². The zero-order valence-corrected chi connectivity index (χ0v) is 14.8. The molecule has 2 aromatic rings. The molecular formula is C19H25N3O2. The summed E-state index contributed by atoms with van der Waals surface area (Å²) in [5.41, 5.74) is 4.01. The molecule has 0 aliphatic carbocycles. The SMILES string of the molecule is Cc1ccc2[nH]c(C(=O)N3CCC[C@H](C(=O)N(C)C)C3)cc2c1C.